The first-order valence-electron chi connectivity index (χ1n) is 21.7. The van der Waals surface area contributed by atoms with E-state index in [1.807, 2.05) is 39.8 Å². The van der Waals surface area contributed by atoms with Crippen LogP contribution >= 0.6 is 0 Å². The quantitative estimate of drug-likeness (QED) is 0.0577. The van der Waals surface area contributed by atoms with Gasteiger partial charge in [0.05, 0.1) is 22.1 Å². The normalized spacial score (nSPS) is 17.5. The number of fused-ring (bicyclic) bond motifs is 4. The largest absolute Gasteiger partial charge is 0.480 e. The van der Waals surface area contributed by atoms with Crippen LogP contribution in [0.4, 0.5) is 17.1 Å². The Balaban J connectivity index is 1.07. The Bertz CT molecular complexity index is 3800. The number of hydrogen-bond donors (Lipinski definition) is 6. The second kappa shape index (κ2) is 18.8. The number of benzene rings is 4. The van der Waals surface area contributed by atoms with Crippen molar-refractivity contribution >= 4 is 92.3 Å². The number of oxazole rings is 1. The van der Waals surface area contributed by atoms with Crippen LogP contribution in [0.2, 0.25) is 0 Å². The Kier molecular flexibility index (Phi) is 13.5. The van der Waals surface area contributed by atoms with Crippen molar-refractivity contribution in [3.8, 4) is 5.75 Å². The minimum absolute atomic E-state index is 0.0272. The van der Waals surface area contributed by atoms with Gasteiger partial charge in [-0.1, -0.05) is 50.3 Å². The lowest BCUT2D eigenvalue weighted by Crippen LogP contribution is -2.43. The van der Waals surface area contributed by atoms with Crippen LogP contribution in [-0.4, -0.2) is 97.5 Å². The van der Waals surface area contributed by atoms with Crippen molar-refractivity contribution in [3.63, 3.8) is 0 Å². The summed E-state index contributed by atoms with van der Waals surface area (Å²) < 4.78 is 151. The highest BCUT2D eigenvalue weighted by atomic mass is 32.2. The van der Waals surface area contributed by atoms with E-state index in [0.29, 0.717) is 33.9 Å². The summed E-state index contributed by atoms with van der Waals surface area (Å²) >= 11 is 0. The molecule has 0 fully saturated rings. The Morgan fingerprint density at radius 3 is 2.07 bits per heavy atom. The zero-order chi connectivity index (χ0) is 53.2. The van der Waals surface area contributed by atoms with E-state index < -0.39 is 97.8 Å². The molecule has 0 atom stereocenters. The maximum Gasteiger partial charge on any atom is 0.374 e. The van der Waals surface area contributed by atoms with E-state index >= 15 is 0 Å². The fourth-order valence-corrected chi connectivity index (χ4v) is 11.3. The van der Waals surface area contributed by atoms with Gasteiger partial charge in [-0.05, 0) is 79.6 Å². The van der Waals surface area contributed by atoms with Crippen LogP contribution < -0.4 is 24.4 Å². The zero-order valence-electron chi connectivity index (χ0n) is 39.1. The van der Waals surface area contributed by atoms with Gasteiger partial charge in [0.15, 0.2) is 17.3 Å². The molecule has 8 rings (SSSR count). The van der Waals surface area contributed by atoms with Crippen molar-refractivity contribution in [1.29, 1.82) is 0 Å². The summed E-state index contributed by atoms with van der Waals surface area (Å²) in [5, 5.41) is 12.4. The van der Waals surface area contributed by atoms with E-state index in [2.05, 4.69) is 5.32 Å². The molecule has 1 amide bonds. The minimum Gasteiger partial charge on any atom is -0.480 e. The molecule has 3 aliphatic heterocycles. The second-order valence-electron chi connectivity index (χ2n) is 18.2. The second-order valence-corrected chi connectivity index (χ2v) is 23.8. The Morgan fingerprint density at radius 2 is 1.40 bits per heavy atom. The number of amides is 1. The number of carboxylic acid groups (broad SMARTS) is 1. The smallest absolute Gasteiger partial charge is 0.374 e. The lowest BCUT2D eigenvalue weighted by molar-refractivity contribution is -0.665. The van der Waals surface area contributed by atoms with Gasteiger partial charge in [-0.15, -0.1) is 4.57 Å². The number of rotatable bonds is 16. The third-order valence-corrected chi connectivity index (χ3v) is 15.3. The fraction of sp³-hybridized carbons (Fsp3) is 0.234. The highest BCUT2D eigenvalue weighted by Crippen LogP contribution is 2.49. The number of aromatic nitrogens is 1. The van der Waals surface area contributed by atoms with Crippen LogP contribution in [0.1, 0.15) is 50.3 Å². The van der Waals surface area contributed by atoms with Gasteiger partial charge in [0.25, 0.3) is 47.7 Å². The molecule has 6 N–H and O–H groups in total. The van der Waals surface area contributed by atoms with Gasteiger partial charge < -0.3 is 24.5 Å². The zero-order valence-corrected chi connectivity index (χ0v) is 42.3. The molecule has 0 saturated carbocycles. The van der Waals surface area contributed by atoms with E-state index in [1.165, 1.54) is 44.4 Å². The summed E-state index contributed by atoms with van der Waals surface area (Å²) in [5.41, 5.74) is 2.59. The van der Waals surface area contributed by atoms with Gasteiger partial charge in [0, 0.05) is 47.1 Å². The lowest BCUT2D eigenvalue weighted by atomic mass is 9.81. The molecule has 0 radical (unpaired) electrons. The molecule has 73 heavy (non-hydrogen) atoms. The van der Waals surface area contributed by atoms with Gasteiger partial charge in [0.2, 0.25) is 23.7 Å². The molecule has 0 aliphatic carbocycles. The van der Waals surface area contributed by atoms with Crippen LogP contribution in [0.5, 0.6) is 5.75 Å². The third kappa shape index (κ3) is 10.9. The van der Waals surface area contributed by atoms with Gasteiger partial charge in [-0.3, -0.25) is 32.7 Å². The van der Waals surface area contributed by atoms with E-state index in [9.17, 15) is 66.6 Å². The van der Waals surface area contributed by atoms with Crippen molar-refractivity contribution in [2.24, 2.45) is 0 Å². The molecule has 0 unspecified atom stereocenters. The summed E-state index contributed by atoms with van der Waals surface area (Å²) in [7, 11) is -18.5. The van der Waals surface area contributed by atoms with Gasteiger partial charge in [-0.2, -0.15) is 38.2 Å². The van der Waals surface area contributed by atoms with Crippen LogP contribution in [0.15, 0.2) is 135 Å². The van der Waals surface area contributed by atoms with Crippen molar-refractivity contribution in [1.82, 2.24) is 5.32 Å². The maximum atomic E-state index is 13.8. The number of ether oxygens (including phenoxy) is 1. The number of nitrogens with zero attached hydrogens (tertiary/aromatic N) is 4. The van der Waals surface area contributed by atoms with Crippen LogP contribution in [0.25, 0.3) is 17.2 Å². The van der Waals surface area contributed by atoms with Gasteiger partial charge in [0.1, 0.15) is 11.4 Å². The molecular weight excluding hydrogens is 1030 g/mol. The number of hydrogen-bond acceptors (Lipinski definition) is 14. The first kappa shape index (κ1) is 52.3. The van der Waals surface area contributed by atoms with Crippen LogP contribution in [0.3, 0.4) is 0 Å². The standard InChI is InChI=1S/C47H45N5O17S4/c1-46(2)32-9-5-6-10-34(32)51(27-70(56,57)58)40(46)11-7-12-41-47(3,4)33-21-29(15-18-35(33)52(41)28-71(59,60)61)24-48-42(53)25-49-36-22-30(72(62,63)64)16-19-38(36)68-43(49)13-8-14-44-50(26-45(54)55)37-23-31(73(65,66)67)17-20-39(37)69-44/h5-23H,24-28H2,1-4H3,(H4-2,48,53,54,55,56,57,58,59,60,61,62,63,64,65,66,67)/p+2. The number of carbonyl (C=O) groups excluding carboxylic acids is 1. The predicted octanol–water partition coefficient (Wildman–Crippen LogP) is 4.67. The lowest BCUT2D eigenvalue weighted by Gasteiger charge is -2.25. The highest BCUT2D eigenvalue weighted by Gasteiger charge is 2.46. The minimum atomic E-state index is -4.72. The average molecular weight is 1080 g/mol. The number of para-hydroxylation sites is 1. The number of allylic oxidation sites excluding steroid dienone is 6. The number of anilines is 2. The van der Waals surface area contributed by atoms with Crippen LogP contribution in [0, 0.1) is 0 Å². The van der Waals surface area contributed by atoms with E-state index in [-0.39, 0.29) is 40.9 Å². The molecule has 4 heterocycles. The monoisotopic (exact) mass is 1080 g/mol. The summed E-state index contributed by atoms with van der Waals surface area (Å²) in [4.78, 5) is 27.1. The van der Waals surface area contributed by atoms with Crippen molar-refractivity contribution in [2.45, 2.75) is 61.4 Å². The first-order valence-corrected chi connectivity index (χ1v) is 27.8. The summed E-state index contributed by atoms with van der Waals surface area (Å²) in [6.45, 7) is 6.23. The molecule has 384 valence electrons. The Morgan fingerprint density at radius 1 is 0.726 bits per heavy atom. The summed E-state index contributed by atoms with van der Waals surface area (Å²) in [5.74, 6) is -3.46. The van der Waals surface area contributed by atoms with E-state index in [1.54, 1.807) is 48.6 Å². The van der Waals surface area contributed by atoms with Crippen molar-refractivity contribution in [3.05, 3.63) is 143 Å². The summed E-state index contributed by atoms with van der Waals surface area (Å²) in [6, 6.07) is 19.0. The first-order chi connectivity index (χ1) is 33.9. The Hall–Kier alpha value is -7.04. The summed E-state index contributed by atoms with van der Waals surface area (Å²) in [6.07, 6.45) is 9.00. The molecule has 0 saturated heterocycles. The molecule has 22 nitrogen and oxygen atoms in total. The van der Waals surface area contributed by atoms with Gasteiger partial charge >= 0.3 is 22.0 Å². The topological polar surface area (TPSA) is 320 Å². The number of carbonyl (C=O) groups is 2. The molecular formula is C47H47N5O17S4+2. The SMILES string of the molecule is CC1(C)C(=CC=CC2=[N+](CS(=O)(=O)O)c3ccccc3C2(C)C)N(CS(=O)(=O)O)c2ccc(CNC(=O)C[n+]3c(/C=C/C=C4\Oc5ccc(S(=O)(=O)O)cc5N4CC(=O)O)oc4ccc(S(=O)(=O)O)cc43)cc21. The predicted molar refractivity (Wildman–Crippen MR) is 263 cm³/mol. The number of nitrogens with one attached hydrogen (secondary N) is 1. The molecule has 26 heteroatoms. The van der Waals surface area contributed by atoms with Crippen molar-refractivity contribution < 1.29 is 84.9 Å². The molecule has 1 aromatic heterocycles. The molecule has 0 spiro atoms. The third-order valence-electron chi connectivity index (χ3n) is 12.4. The van der Waals surface area contributed by atoms with E-state index in [4.69, 9.17) is 9.15 Å². The van der Waals surface area contributed by atoms with Crippen molar-refractivity contribution in [2.75, 3.05) is 28.1 Å². The Labute approximate surface area is 419 Å². The van der Waals surface area contributed by atoms with Crippen LogP contribution in [-0.2, 0) is 74.0 Å². The maximum absolute atomic E-state index is 13.8. The fourth-order valence-electron chi connectivity index (χ4n) is 9.11. The molecule has 4 aromatic carbocycles. The highest BCUT2D eigenvalue weighted by molar-refractivity contribution is 7.86. The number of aliphatic carboxylic acids is 1. The average Bonchev–Trinajstić information content (AvgIpc) is 3.92. The molecule has 5 aromatic rings. The van der Waals surface area contributed by atoms with Gasteiger partial charge in [-0.25, -0.2) is 0 Å². The van der Waals surface area contributed by atoms with E-state index in [0.717, 1.165) is 34.7 Å². The number of carboxylic acids is 1. The molecule has 3 aliphatic rings. The molecule has 0 bridgehead atoms.